The minimum atomic E-state index is -4.85. The summed E-state index contributed by atoms with van der Waals surface area (Å²) in [6.45, 7) is 3.49. The van der Waals surface area contributed by atoms with Gasteiger partial charge in [0.1, 0.15) is 17.2 Å². The van der Waals surface area contributed by atoms with Crippen molar-refractivity contribution in [2.45, 2.75) is 26.1 Å². The Hall–Kier alpha value is -2.96. The highest BCUT2D eigenvalue weighted by Gasteiger charge is 2.48. The van der Waals surface area contributed by atoms with E-state index in [0.717, 1.165) is 11.6 Å². The Morgan fingerprint density at radius 3 is 2.35 bits per heavy atom. The zero-order valence-electron chi connectivity index (χ0n) is 13.9. The van der Waals surface area contributed by atoms with Gasteiger partial charge in [-0.05, 0) is 44.2 Å². The molecule has 0 saturated heterocycles. The van der Waals surface area contributed by atoms with Crippen molar-refractivity contribution in [1.29, 1.82) is 0 Å². The third kappa shape index (κ3) is 3.37. The van der Waals surface area contributed by atoms with Gasteiger partial charge in [0, 0.05) is 11.1 Å². The van der Waals surface area contributed by atoms with E-state index in [9.17, 15) is 18.0 Å². The van der Waals surface area contributed by atoms with E-state index in [-0.39, 0.29) is 11.3 Å². The topological polar surface area (TPSA) is 55.8 Å². The van der Waals surface area contributed by atoms with Gasteiger partial charge in [-0.25, -0.2) is 4.79 Å². The number of carboxylic acids is 1. The Bertz CT molecular complexity index is 883. The molecule has 1 unspecified atom stereocenters. The number of alkyl halides is 3. The van der Waals surface area contributed by atoms with Crippen molar-refractivity contribution in [2.75, 3.05) is 0 Å². The van der Waals surface area contributed by atoms with Crippen LogP contribution in [0.1, 0.15) is 16.7 Å². The van der Waals surface area contributed by atoms with Crippen LogP contribution in [0.2, 0.25) is 0 Å². The van der Waals surface area contributed by atoms with E-state index in [4.69, 9.17) is 14.6 Å². The molecule has 0 amide bonds. The Kier molecular flexibility index (Phi) is 4.39. The molecule has 0 fully saturated rings. The molecule has 0 radical (unpaired) electrons. The molecule has 0 saturated carbocycles. The van der Waals surface area contributed by atoms with Crippen molar-refractivity contribution in [2.24, 2.45) is 0 Å². The lowest BCUT2D eigenvalue weighted by atomic mass is 9.99. The average molecular weight is 364 g/mol. The number of carbonyl (C=O) groups is 1. The number of hydrogen-bond donors (Lipinski definition) is 1. The molecule has 1 aliphatic rings. The van der Waals surface area contributed by atoms with Crippen molar-refractivity contribution >= 4 is 12.0 Å². The average Bonchev–Trinajstić information content (AvgIpc) is 2.57. The van der Waals surface area contributed by atoms with Gasteiger partial charge in [0.25, 0.3) is 0 Å². The van der Waals surface area contributed by atoms with Crippen LogP contribution in [0.25, 0.3) is 6.08 Å². The first-order chi connectivity index (χ1) is 12.2. The molecule has 0 spiro atoms. The largest absolute Gasteiger partial charge is 0.478 e. The Balaban J connectivity index is 2.01. The molecule has 136 valence electrons. The van der Waals surface area contributed by atoms with Crippen LogP contribution in [0.3, 0.4) is 0 Å². The second kappa shape index (κ2) is 6.40. The van der Waals surface area contributed by atoms with Crippen molar-refractivity contribution in [3.05, 3.63) is 58.7 Å². The van der Waals surface area contributed by atoms with Gasteiger partial charge in [0.05, 0.1) is 5.57 Å². The van der Waals surface area contributed by atoms with Crippen molar-refractivity contribution in [3.8, 4) is 17.2 Å². The van der Waals surface area contributed by atoms with E-state index in [1.165, 1.54) is 6.07 Å². The number of aliphatic carboxylic acids is 1. The highest BCUT2D eigenvalue weighted by molar-refractivity contribution is 5.95. The van der Waals surface area contributed by atoms with Gasteiger partial charge in [-0.15, -0.1) is 0 Å². The van der Waals surface area contributed by atoms with Crippen LogP contribution in [0.5, 0.6) is 17.2 Å². The Labute approximate surface area is 147 Å². The molecular formula is C19H15F3O4. The number of rotatable bonds is 3. The number of aryl methyl sites for hydroxylation is 1. The molecular weight excluding hydrogens is 349 g/mol. The van der Waals surface area contributed by atoms with Gasteiger partial charge >= 0.3 is 12.1 Å². The van der Waals surface area contributed by atoms with Crippen molar-refractivity contribution in [1.82, 2.24) is 0 Å². The fourth-order valence-electron chi connectivity index (χ4n) is 2.65. The molecule has 0 aliphatic carbocycles. The summed E-state index contributed by atoms with van der Waals surface area (Å²) in [5, 5.41) is 9.07. The van der Waals surface area contributed by atoms with Gasteiger partial charge < -0.3 is 14.6 Å². The first-order valence-corrected chi connectivity index (χ1v) is 7.73. The van der Waals surface area contributed by atoms with Crippen LogP contribution in [0.4, 0.5) is 13.2 Å². The molecule has 1 N–H and O–H groups in total. The highest BCUT2D eigenvalue weighted by Crippen LogP contribution is 2.42. The minimum absolute atomic E-state index is 0.0399. The summed E-state index contributed by atoms with van der Waals surface area (Å²) in [7, 11) is 0. The van der Waals surface area contributed by atoms with Crippen LogP contribution in [-0.2, 0) is 4.79 Å². The van der Waals surface area contributed by atoms with Crippen LogP contribution >= 0.6 is 0 Å². The van der Waals surface area contributed by atoms with Crippen LogP contribution in [0, 0.1) is 13.8 Å². The summed E-state index contributed by atoms with van der Waals surface area (Å²) >= 11 is 0. The number of benzene rings is 2. The molecule has 0 aromatic heterocycles. The number of halogens is 3. The van der Waals surface area contributed by atoms with Gasteiger partial charge in [-0.2, -0.15) is 13.2 Å². The Morgan fingerprint density at radius 1 is 1.12 bits per heavy atom. The number of carboxylic acid groups (broad SMARTS) is 1. The van der Waals surface area contributed by atoms with Crippen LogP contribution in [0.15, 0.2) is 42.0 Å². The van der Waals surface area contributed by atoms with Crippen molar-refractivity contribution < 1.29 is 32.5 Å². The second-order valence-corrected chi connectivity index (χ2v) is 5.97. The van der Waals surface area contributed by atoms with E-state index in [1.54, 1.807) is 25.1 Å². The van der Waals surface area contributed by atoms with Gasteiger partial charge in [-0.3, -0.25) is 0 Å². The first kappa shape index (κ1) is 17.8. The smallest absolute Gasteiger partial charge is 0.430 e. The van der Waals surface area contributed by atoms with E-state index in [2.05, 4.69) is 0 Å². The molecule has 1 atom stereocenters. The predicted molar refractivity (Wildman–Crippen MR) is 88.5 cm³/mol. The normalized spacial score (nSPS) is 16.3. The standard InChI is InChI=1S/C19H15F3O4/c1-10-3-6-13(7-4-10)25-15-8-5-12-9-14(18(23)24)17(19(20,21)22)26-16(12)11(15)2/h3-9,17H,1-2H3,(H,23,24). The summed E-state index contributed by atoms with van der Waals surface area (Å²) < 4.78 is 50.4. The lowest BCUT2D eigenvalue weighted by Gasteiger charge is -2.28. The number of ether oxygens (including phenoxy) is 2. The zero-order chi connectivity index (χ0) is 19.1. The van der Waals surface area contributed by atoms with E-state index >= 15 is 0 Å². The molecule has 2 aromatic rings. The molecule has 4 nitrogen and oxygen atoms in total. The molecule has 0 bridgehead atoms. The third-order valence-electron chi connectivity index (χ3n) is 4.01. The summed E-state index contributed by atoms with van der Waals surface area (Å²) in [6, 6.07) is 10.2. The molecule has 2 aromatic carbocycles. The van der Waals surface area contributed by atoms with Crippen LogP contribution < -0.4 is 9.47 Å². The van der Waals surface area contributed by atoms with E-state index < -0.39 is 23.8 Å². The Morgan fingerprint density at radius 2 is 1.77 bits per heavy atom. The minimum Gasteiger partial charge on any atom is -0.478 e. The number of fused-ring (bicyclic) bond motifs is 1. The lowest BCUT2D eigenvalue weighted by molar-refractivity contribution is -0.187. The molecule has 26 heavy (non-hydrogen) atoms. The maximum atomic E-state index is 13.2. The second-order valence-electron chi connectivity index (χ2n) is 5.97. The molecule has 1 heterocycles. The highest BCUT2D eigenvalue weighted by atomic mass is 19.4. The number of hydrogen-bond acceptors (Lipinski definition) is 3. The monoisotopic (exact) mass is 364 g/mol. The summed E-state index contributed by atoms with van der Waals surface area (Å²) in [5.74, 6) is -0.846. The van der Waals surface area contributed by atoms with Gasteiger partial charge in [-0.1, -0.05) is 17.7 Å². The van der Waals surface area contributed by atoms with Gasteiger partial charge in [0.15, 0.2) is 0 Å². The first-order valence-electron chi connectivity index (χ1n) is 7.73. The third-order valence-corrected chi connectivity index (χ3v) is 4.01. The van der Waals surface area contributed by atoms with E-state index in [1.807, 2.05) is 19.1 Å². The quantitative estimate of drug-likeness (QED) is 0.843. The predicted octanol–water partition coefficient (Wildman–Crippen LogP) is 4.89. The molecule has 3 rings (SSSR count). The summed E-state index contributed by atoms with van der Waals surface area (Å²) in [5.41, 5.74) is 0.813. The van der Waals surface area contributed by atoms with E-state index in [0.29, 0.717) is 17.1 Å². The van der Waals surface area contributed by atoms with Crippen LogP contribution in [-0.4, -0.2) is 23.4 Å². The maximum Gasteiger partial charge on any atom is 0.430 e. The summed E-state index contributed by atoms with van der Waals surface area (Å²) in [6.07, 6.45) is -6.38. The fraction of sp³-hybridized carbons (Fsp3) is 0.211. The maximum absolute atomic E-state index is 13.2. The molecule has 7 heteroatoms. The fourth-order valence-corrected chi connectivity index (χ4v) is 2.65. The lowest BCUT2D eigenvalue weighted by Crippen LogP contribution is -2.40. The summed E-state index contributed by atoms with van der Waals surface area (Å²) in [4.78, 5) is 11.2. The van der Waals surface area contributed by atoms with Crippen molar-refractivity contribution in [3.63, 3.8) is 0 Å². The van der Waals surface area contributed by atoms with Gasteiger partial charge in [0.2, 0.25) is 6.10 Å². The zero-order valence-corrected chi connectivity index (χ0v) is 13.9. The molecule has 1 aliphatic heterocycles. The SMILES string of the molecule is Cc1ccc(Oc2ccc3c(c2C)OC(C(F)(F)F)C(C(=O)O)=C3)cc1.